The average molecular weight is 333 g/mol. The van der Waals surface area contributed by atoms with Crippen LogP contribution in [-0.2, 0) is 0 Å². The van der Waals surface area contributed by atoms with Gasteiger partial charge < -0.3 is 0 Å². The summed E-state index contributed by atoms with van der Waals surface area (Å²) < 4.78 is 13.0. The largest absolute Gasteiger partial charge is 0.255 e. The standard InChI is InChI=1S/C23H24FN/c1-2-3-4-18-5-7-19(8-6-18)9-10-20-11-16-23(25-17-20)21-12-14-22(24)15-13-21/h2-3,11-19H,4-8H2,1H3/b3-2+. The quantitative estimate of drug-likeness (QED) is 0.495. The number of hydrogen-bond acceptors (Lipinski definition) is 1. The number of halogens is 1. The molecule has 1 fully saturated rings. The first-order valence-corrected chi connectivity index (χ1v) is 9.09. The molecule has 0 N–H and O–H groups in total. The molecule has 1 aromatic carbocycles. The molecule has 1 aliphatic rings. The topological polar surface area (TPSA) is 12.9 Å². The van der Waals surface area contributed by atoms with Crippen molar-refractivity contribution in [3.8, 4) is 23.1 Å². The number of pyridine rings is 1. The highest BCUT2D eigenvalue weighted by molar-refractivity contribution is 5.59. The second kappa shape index (κ2) is 8.62. The van der Waals surface area contributed by atoms with E-state index in [1.165, 1.54) is 44.2 Å². The van der Waals surface area contributed by atoms with Gasteiger partial charge >= 0.3 is 0 Å². The first-order chi connectivity index (χ1) is 12.2. The van der Waals surface area contributed by atoms with E-state index in [1.807, 2.05) is 18.3 Å². The average Bonchev–Trinajstić information content (AvgIpc) is 2.67. The molecule has 1 heterocycles. The Morgan fingerprint density at radius 1 is 1.08 bits per heavy atom. The van der Waals surface area contributed by atoms with Gasteiger partial charge in [-0.05, 0) is 81.3 Å². The van der Waals surface area contributed by atoms with E-state index >= 15 is 0 Å². The zero-order valence-corrected chi connectivity index (χ0v) is 14.7. The zero-order chi connectivity index (χ0) is 17.5. The monoisotopic (exact) mass is 333 g/mol. The molecular formula is C23H24FN. The van der Waals surface area contributed by atoms with Crippen LogP contribution in [0.3, 0.4) is 0 Å². The van der Waals surface area contributed by atoms with Crippen LogP contribution < -0.4 is 0 Å². The fourth-order valence-electron chi connectivity index (χ4n) is 3.32. The summed E-state index contributed by atoms with van der Waals surface area (Å²) in [6, 6.07) is 10.3. The van der Waals surface area contributed by atoms with Crippen LogP contribution in [0, 0.1) is 29.5 Å². The normalized spacial score (nSPS) is 20.2. The number of allylic oxidation sites excluding steroid dienone is 2. The first-order valence-electron chi connectivity index (χ1n) is 9.09. The first kappa shape index (κ1) is 17.4. The maximum absolute atomic E-state index is 13.0. The van der Waals surface area contributed by atoms with Gasteiger partial charge in [0, 0.05) is 23.2 Å². The molecule has 0 aliphatic heterocycles. The highest BCUT2D eigenvalue weighted by Crippen LogP contribution is 2.30. The Morgan fingerprint density at radius 3 is 2.48 bits per heavy atom. The fourth-order valence-corrected chi connectivity index (χ4v) is 3.32. The molecule has 1 aromatic heterocycles. The molecule has 0 bridgehead atoms. The Labute approximate surface area is 150 Å². The van der Waals surface area contributed by atoms with E-state index in [1.54, 1.807) is 12.1 Å². The van der Waals surface area contributed by atoms with Gasteiger partial charge in [-0.15, -0.1) is 0 Å². The molecule has 1 nitrogen and oxygen atoms in total. The van der Waals surface area contributed by atoms with Crippen molar-refractivity contribution in [1.29, 1.82) is 0 Å². The molecule has 2 aromatic rings. The van der Waals surface area contributed by atoms with Crippen LogP contribution in [0.15, 0.2) is 54.7 Å². The molecule has 0 unspecified atom stereocenters. The molecule has 0 atom stereocenters. The molecule has 2 heteroatoms. The van der Waals surface area contributed by atoms with Crippen molar-refractivity contribution >= 4 is 0 Å². The maximum atomic E-state index is 13.0. The van der Waals surface area contributed by atoms with Crippen molar-refractivity contribution in [2.24, 2.45) is 11.8 Å². The van der Waals surface area contributed by atoms with Crippen LogP contribution in [0.5, 0.6) is 0 Å². The van der Waals surface area contributed by atoms with Crippen molar-refractivity contribution in [2.75, 3.05) is 0 Å². The molecule has 1 saturated carbocycles. The summed E-state index contributed by atoms with van der Waals surface area (Å²) in [6.45, 7) is 2.09. The lowest BCUT2D eigenvalue weighted by molar-refractivity contribution is 0.319. The van der Waals surface area contributed by atoms with Crippen LogP contribution in [0.1, 0.15) is 44.6 Å². The van der Waals surface area contributed by atoms with Crippen LogP contribution in [0.2, 0.25) is 0 Å². The molecule has 25 heavy (non-hydrogen) atoms. The third kappa shape index (κ3) is 5.03. The van der Waals surface area contributed by atoms with Gasteiger partial charge in [-0.1, -0.05) is 24.0 Å². The van der Waals surface area contributed by atoms with Crippen LogP contribution in [0.4, 0.5) is 4.39 Å². The Kier molecular flexibility index (Phi) is 6.01. The van der Waals surface area contributed by atoms with Crippen LogP contribution in [-0.4, -0.2) is 4.98 Å². The van der Waals surface area contributed by atoms with Crippen molar-refractivity contribution < 1.29 is 4.39 Å². The minimum absolute atomic E-state index is 0.230. The van der Waals surface area contributed by atoms with Gasteiger partial charge in [0.1, 0.15) is 5.82 Å². The van der Waals surface area contributed by atoms with Crippen LogP contribution in [0.25, 0.3) is 11.3 Å². The van der Waals surface area contributed by atoms with E-state index < -0.39 is 0 Å². The zero-order valence-electron chi connectivity index (χ0n) is 14.7. The van der Waals surface area contributed by atoms with E-state index in [0.29, 0.717) is 5.92 Å². The predicted octanol–water partition coefficient (Wildman–Crippen LogP) is 6.01. The minimum Gasteiger partial charge on any atom is -0.255 e. The van der Waals surface area contributed by atoms with E-state index in [-0.39, 0.29) is 5.82 Å². The highest BCUT2D eigenvalue weighted by atomic mass is 19.1. The molecule has 128 valence electrons. The third-order valence-corrected chi connectivity index (χ3v) is 4.88. The summed E-state index contributed by atoms with van der Waals surface area (Å²) in [5, 5.41) is 0. The molecule has 0 amide bonds. The van der Waals surface area contributed by atoms with Crippen molar-refractivity contribution in [3.63, 3.8) is 0 Å². The third-order valence-electron chi connectivity index (χ3n) is 4.88. The van der Waals surface area contributed by atoms with Crippen molar-refractivity contribution in [2.45, 2.75) is 39.0 Å². The number of hydrogen-bond donors (Lipinski definition) is 0. The summed E-state index contributed by atoms with van der Waals surface area (Å²) in [4.78, 5) is 4.46. The lowest BCUT2D eigenvalue weighted by Gasteiger charge is -2.24. The van der Waals surface area contributed by atoms with E-state index in [2.05, 4.69) is 35.9 Å². The second-order valence-corrected chi connectivity index (χ2v) is 6.73. The second-order valence-electron chi connectivity index (χ2n) is 6.73. The molecule has 0 spiro atoms. The fraction of sp³-hybridized carbons (Fsp3) is 0.348. The number of aromatic nitrogens is 1. The Morgan fingerprint density at radius 2 is 1.84 bits per heavy atom. The molecule has 3 rings (SSSR count). The van der Waals surface area contributed by atoms with E-state index in [9.17, 15) is 4.39 Å². The van der Waals surface area contributed by atoms with E-state index in [0.717, 1.165) is 22.7 Å². The Hall–Kier alpha value is -2.40. The van der Waals surface area contributed by atoms with Gasteiger partial charge in [-0.25, -0.2) is 4.39 Å². The maximum Gasteiger partial charge on any atom is 0.123 e. The predicted molar refractivity (Wildman–Crippen MR) is 101 cm³/mol. The van der Waals surface area contributed by atoms with Crippen LogP contribution >= 0.6 is 0 Å². The number of rotatable bonds is 3. The summed E-state index contributed by atoms with van der Waals surface area (Å²) in [5.41, 5.74) is 2.71. The summed E-state index contributed by atoms with van der Waals surface area (Å²) in [5.74, 6) is 7.82. The molecule has 0 saturated heterocycles. The van der Waals surface area contributed by atoms with Gasteiger partial charge in [0.2, 0.25) is 0 Å². The molecular weight excluding hydrogens is 309 g/mol. The van der Waals surface area contributed by atoms with Crippen molar-refractivity contribution in [1.82, 2.24) is 4.98 Å². The van der Waals surface area contributed by atoms with Gasteiger partial charge in [0.15, 0.2) is 0 Å². The van der Waals surface area contributed by atoms with E-state index in [4.69, 9.17) is 0 Å². The Bertz CT molecular complexity index is 754. The summed E-state index contributed by atoms with van der Waals surface area (Å²) in [7, 11) is 0. The van der Waals surface area contributed by atoms with Gasteiger partial charge in [-0.2, -0.15) is 0 Å². The number of nitrogens with zero attached hydrogens (tertiary/aromatic N) is 1. The molecule has 0 radical (unpaired) electrons. The Balaban J connectivity index is 1.58. The smallest absolute Gasteiger partial charge is 0.123 e. The lowest BCUT2D eigenvalue weighted by Crippen LogP contribution is -2.12. The minimum atomic E-state index is -0.230. The highest BCUT2D eigenvalue weighted by Gasteiger charge is 2.18. The molecule has 1 aliphatic carbocycles. The van der Waals surface area contributed by atoms with Gasteiger partial charge in [-0.3, -0.25) is 4.98 Å². The number of benzene rings is 1. The van der Waals surface area contributed by atoms with Gasteiger partial charge in [0.05, 0.1) is 5.69 Å². The summed E-state index contributed by atoms with van der Waals surface area (Å²) >= 11 is 0. The summed E-state index contributed by atoms with van der Waals surface area (Å²) in [6.07, 6.45) is 12.4. The van der Waals surface area contributed by atoms with Gasteiger partial charge in [0.25, 0.3) is 0 Å². The lowest BCUT2D eigenvalue weighted by atomic mass is 9.81. The van der Waals surface area contributed by atoms with Crippen molar-refractivity contribution in [3.05, 3.63) is 66.1 Å². The SMILES string of the molecule is C/C=C/CC1CCC(C#Cc2ccc(-c3ccc(F)cc3)nc2)CC1.